The van der Waals surface area contributed by atoms with Gasteiger partial charge in [-0.2, -0.15) is 0 Å². The van der Waals surface area contributed by atoms with Gasteiger partial charge in [0.2, 0.25) is 12.2 Å². The summed E-state index contributed by atoms with van der Waals surface area (Å²) in [6, 6.07) is 0. The third-order valence-electron chi connectivity index (χ3n) is 3.14. The number of rotatable bonds is 9. The van der Waals surface area contributed by atoms with Gasteiger partial charge < -0.3 is 14.8 Å². The summed E-state index contributed by atoms with van der Waals surface area (Å²) < 4.78 is 11.8. The van der Waals surface area contributed by atoms with E-state index in [9.17, 15) is 4.79 Å². The van der Waals surface area contributed by atoms with Gasteiger partial charge in [-0.25, -0.2) is 0 Å². The number of amides is 1. The van der Waals surface area contributed by atoms with Crippen LogP contribution in [-0.2, 0) is 14.3 Å². The van der Waals surface area contributed by atoms with Crippen molar-refractivity contribution < 1.29 is 14.3 Å². The Labute approximate surface area is 125 Å². The Balaban J connectivity index is 1.76. The van der Waals surface area contributed by atoms with Gasteiger partial charge in [0.15, 0.2) is 0 Å². The van der Waals surface area contributed by atoms with E-state index in [0.29, 0.717) is 13.0 Å². The van der Waals surface area contributed by atoms with Crippen LogP contribution in [0.15, 0.2) is 60.6 Å². The maximum absolute atomic E-state index is 11.1. The third kappa shape index (κ3) is 5.34. The Morgan fingerprint density at radius 3 is 2.33 bits per heavy atom. The molecule has 0 unspecified atom stereocenters. The molecule has 0 atom stereocenters. The number of nitrogens with one attached hydrogen (secondary N) is 1. The highest BCUT2D eigenvalue weighted by Crippen LogP contribution is 2.22. The van der Waals surface area contributed by atoms with E-state index in [1.807, 2.05) is 36.5 Å². The van der Waals surface area contributed by atoms with Gasteiger partial charge in [0.05, 0.1) is 0 Å². The molecule has 0 aromatic heterocycles. The van der Waals surface area contributed by atoms with Crippen LogP contribution in [0.5, 0.6) is 0 Å². The van der Waals surface area contributed by atoms with Crippen molar-refractivity contribution in [2.75, 3.05) is 6.54 Å². The molecule has 0 heterocycles. The van der Waals surface area contributed by atoms with E-state index >= 15 is 0 Å². The summed E-state index contributed by atoms with van der Waals surface area (Å²) in [5.74, 6) is 1.68. The van der Waals surface area contributed by atoms with Crippen LogP contribution in [0.3, 0.4) is 0 Å². The predicted octanol–water partition coefficient (Wildman–Crippen LogP) is 3.12. The normalized spacial score (nSPS) is 15.9. The second kappa shape index (κ2) is 8.15. The van der Waals surface area contributed by atoms with E-state index in [4.69, 9.17) is 9.47 Å². The average Bonchev–Trinajstić information content (AvgIpc) is 3.16. The van der Waals surface area contributed by atoms with Crippen molar-refractivity contribution in [2.45, 2.75) is 32.0 Å². The largest absolute Gasteiger partial charge is 0.459 e. The van der Waals surface area contributed by atoms with Gasteiger partial charge >= 0.3 is 0 Å². The summed E-state index contributed by atoms with van der Waals surface area (Å²) in [5, 5.41) is 2.75. The summed E-state index contributed by atoms with van der Waals surface area (Å²) >= 11 is 0. The maximum Gasteiger partial charge on any atom is 0.243 e. The second-order valence-electron chi connectivity index (χ2n) is 4.83. The van der Waals surface area contributed by atoms with Crippen LogP contribution >= 0.6 is 0 Å². The molecule has 112 valence electrons. The van der Waals surface area contributed by atoms with Crippen LogP contribution in [0.4, 0.5) is 0 Å². The van der Waals surface area contributed by atoms with Crippen molar-refractivity contribution in [1.82, 2.24) is 5.32 Å². The summed E-state index contributed by atoms with van der Waals surface area (Å²) in [6.45, 7) is 4.01. The van der Waals surface area contributed by atoms with E-state index in [0.717, 1.165) is 30.8 Å². The van der Waals surface area contributed by atoms with Gasteiger partial charge in [0.1, 0.15) is 11.5 Å². The first kappa shape index (κ1) is 15.2. The van der Waals surface area contributed by atoms with Gasteiger partial charge in [0.25, 0.3) is 0 Å². The molecule has 4 heteroatoms. The van der Waals surface area contributed by atoms with Crippen LogP contribution in [0, 0.1) is 0 Å². The Bertz CT molecular complexity index is 468. The standard InChI is InChI=1S/C17H21NO3/c1-2-16(19)18-13-7-12-17(20-14-8-3-4-9-14)21-15-10-5-6-11-15/h2-6,8,10,17H,1,7,9,11-13H2,(H,18,19). The van der Waals surface area contributed by atoms with Gasteiger partial charge in [-0.1, -0.05) is 30.9 Å². The van der Waals surface area contributed by atoms with E-state index in [1.54, 1.807) is 0 Å². The lowest BCUT2D eigenvalue weighted by Crippen LogP contribution is -2.24. The lowest BCUT2D eigenvalue weighted by molar-refractivity contribution is -0.116. The zero-order valence-electron chi connectivity index (χ0n) is 12.1. The summed E-state index contributed by atoms with van der Waals surface area (Å²) in [7, 11) is 0. The topological polar surface area (TPSA) is 47.6 Å². The summed E-state index contributed by atoms with van der Waals surface area (Å²) in [5.41, 5.74) is 0. The van der Waals surface area contributed by atoms with Crippen LogP contribution in [0.25, 0.3) is 0 Å². The molecule has 0 bridgehead atoms. The molecule has 0 aromatic rings. The molecule has 0 spiro atoms. The minimum absolute atomic E-state index is 0.154. The molecule has 0 aliphatic heterocycles. The molecule has 0 saturated carbocycles. The number of carbonyl (C=O) groups excluding carboxylic acids is 1. The molecular formula is C17H21NO3. The van der Waals surface area contributed by atoms with Gasteiger partial charge in [-0.3, -0.25) is 4.79 Å². The average molecular weight is 287 g/mol. The van der Waals surface area contributed by atoms with Crippen LogP contribution in [-0.4, -0.2) is 18.7 Å². The second-order valence-corrected chi connectivity index (χ2v) is 4.83. The molecule has 1 N–H and O–H groups in total. The number of hydrogen-bond acceptors (Lipinski definition) is 3. The Hall–Kier alpha value is -2.23. The maximum atomic E-state index is 11.1. The highest BCUT2D eigenvalue weighted by Gasteiger charge is 2.16. The van der Waals surface area contributed by atoms with E-state index in [-0.39, 0.29) is 12.2 Å². The predicted molar refractivity (Wildman–Crippen MR) is 82.1 cm³/mol. The first-order chi connectivity index (χ1) is 10.3. The zero-order valence-corrected chi connectivity index (χ0v) is 12.1. The zero-order chi connectivity index (χ0) is 14.9. The molecular weight excluding hydrogens is 266 g/mol. The van der Waals surface area contributed by atoms with Gasteiger partial charge in [-0.05, 0) is 24.6 Å². The van der Waals surface area contributed by atoms with Crippen molar-refractivity contribution >= 4 is 5.91 Å². The number of allylic oxidation sites excluding steroid dienone is 6. The molecule has 0 fully saturated rings. The van der Waals surface area contributed by atoms with Crippen LogP contribution in [0.2, 0.25) is 0 Å². The lowest BCUT2D eigenvalue weighted by atomic mass is 10.3. The first-order valence-electron chi connectivity index (χ1n) is 7.23. The highest BCUT2D eigenvalue weighted by molar-refractivity contribution is 5.86. The van der Waals surface area contributed by atoms with Gasteiger partial charge in [0, 0.05) is 25.8 Å². The number of ether oxygens (including phenoxy) is 2. The molecule has 0 radical (unpaired) electrons. The minimum Gasteiger partial charge on any atom is -0.459 e. The van der Waals surface area contributed by atoms with Crippen molar-refractivity contribution in [1.29, 1.82) is 0 Å². The molecule has 2 aliphatic rings. The van der Waals surface area contributed by atoms with E-state index in [2.05, 4.69) is 11.9 Å². The van der Waals surface area contributed by atoms with Crippen LogP contribution in [0.1, 0.15) is 25.7 Å². The molecule has 2 aliphatic carbocycles. The SMILES string of the molecule is C=CC(=O)NCCCC(OC1=CC=CC1)OC1=CC=CC1. The smallest absolute Gasteiger partial charge is 0.243 e. The highest BCUT2D eigenvalue weighted by atomic mass is 16.7. The van der Waals surface area contributed by atoms with Crippen LogP contribution < -0.4 is 5.32 Å². The fourth-order valence-corrected chi connectivity index (χ4v) is 2.06. The summed E-state index contributed by atoms with van der Waals surface area (Å²) in [6.07, 6.45) is 16.0. The van der Waals surface area contributed by atoms with E-state index < -0.39 is 0 Å². The van der Waals surface area contributed by atoms with Crippen molar-refractivity contribution in [3.05, 3.63) is 60.6 Å². The Kier molecular flexibility index (Phi) is 5.88. The monoisotopic (exact) mass is 287 g/mol. The molecule has 4 nitrogen and oxygen atoms in total. The number of hydrogen-bond donors (Lipinski definition) is 1. The third-order valence-corrected chi connectivity index (χ3v) is 3.14. The van der Waals surface area contributed by atoms with E-state index in [1.165, 1.54) is 6.08 Å². The molecule has 2 rings (SSSR count). The van der Waals surface area contributed by atoms with Gasteiger partial charge in [-0.15, -0.1) is 0 Å². The fourth-order valence-electron chi connectivity index (χ4n) is 2.06. The Morgan fingerprint density at radius 2 is 1.86 bits per heavy atom. The van der Waals surface area contributed by atoms with Crippen molar-refractivity contribution in [2.24, 2.45) is 0 Å². The fraction of sp³-hybridized carbons (Fsp3) is 0.353. The Morgan fingerprint density at radius 1 is 1.24 bits per heavy atom. The molecule has 21 heavy (non-hydrogen) atoms. The molecule has 0 saturated heterocycles. The molecule has 1 amide bonds. The first-order valence-corrected chi connectivity index (χ1v) is 7.23. The van der Waals surface area contributed by atoms with Crippen molar-refractivity contribution in [3.63, 3.8) is 0 Å². The summed E-state index contributed by atoms with van der Waals surface area (Å²) in [4.78, 5) is 11.1. The lowest BCUT2D eigenvalue weighted by Gasteiger charge is -2.22. The minimum atomic E-state index is -0.317. The van der Waals surface area contributed by atoms with Crippen molar-refractivity contribution in [3.8, 4) is 0 Å². The molecule has 0 aromatic carbocycles. The number of carbonyl (C=O) groups is 1. The quantitative estimate of drug-likeness (QED) is 0.403.